The average Bonchev–Trinajstić information content (AvgIpc) is 2.67. The summed E-state index contributed by atoms with van der Waals surface area (Å²) in [4.78, 5) is 14.9. The van der Waals surface area contributed by atoms with E-state index in [1.807, 2.05) is 26.1 Å². The summed E-state index contributed by atoms with van der Waals surface area (Å²) in [6.45, 7) is 1.89. The molecule has 0 spiro atoms. The molecule has 2 aromatic rings. The predicted octanol–water partition coefficient (Wildman–Crippen LogP) is 4.12. The first-order valence-corrected chi connectivity index (χ1v) is 9.15. The van der Waals surface area contributed by atoms with Gasteiger partial charge in [-0.15, -0.1) is 0 Å². The number of hydrogen-bond donors (Lipinski definition) is 2. The molecule has 140 valence electrons. The normalized spacial score (nSPS) is 16.8. The molecule has 27 heavy (non-hydrogen) atoms. The second kappa shape index (κ2) is 7.98. The first-order valence-electron chi connectivity index (χ1n) is 8.36. The molecule has 1 atom stereocenters. The Labute approximate surface area is 169 Å². The Morgan fingerprint density at radius 2 is 1.81 bits per heavy atom. The molecule has 2 N–H and O–H groups in total. The van der Waals surface area contributed by atoms with Crippen LogP contribution >= 0.6 is 23.8 Å². The van der Waals surface area contributed by atoms with Gasteiger partial charge in [-0.2, -0.15) is 0 Å². The van der Waals surface area contributed by atoms with Gasteiger partial charge in [-0.25, -0.2) is 0 Å². The Morgan fingerprint density at radius 3 is 2.41 bits per heavy atom. The number of methoxy groups -OCH3 is 1. The lowest BCUT2D eigenvalue weighted by molar-refractivity contribution is -0.113. The van der Waals surface area contributed by atoms with Gasteiger partial charge in [0.05, 0.1) is 18.7 Å². The van der Waals surface area contributed by atoms with Gasteiger partial charge in [-0.1, -0.05) is 23.7 Å². The number of carbonyl (C=O) groups is 1. The maximum atomic E-state index is 13.1. The SMILES string of the molecule is COc1ccc(NC(=O)C2=C(C)N(C)C(=S)NC2c2ccc(Cl)cc2)cc1. The monoisotopic (exact) mass is 401 g/mol. The summed E-state index contributed by atoms with van der Waals surface area (Å²) >= 11 is 11.4. The number of thiocarbonyl (C=S) groups is 1. The van der Waals surface area contributed by atoms with Gasteiger partial charge in [0.25, 0.3) is 5.91 Å². The molecule has 7 heteroatoms. The van der Waals surface area contributed by atoms with Gasteiger partial charge in [0.2, 0.25) is 0 Å². The van der Waals surface area contributed by atoms with E-state index in [4.69, 9.17) is 28.6 Å². The van der Waals surface area contributed by atoms with Crippen LogP contribution in [0.4, 0.5) is 5.69 Å². The molecule has 0 saturated carbocycles. The van der Waals surface area contributed by atoms with Gasteiger partial charge >= 0.3 is 0 Å². The summed E-state index contributed by atoms with van der Waals surface area (Å²) in [7, 11) is 3.44. The number of hydrogen-bond acceptors (Lipinski definition) is 3. The third-order valence-corrected chi connectivity index (χ3v) is 5.19. The van der Waals surface area contributed by atoms with Crippen LogP contribution in [0.5, 0.6) is 5.75 Å². The van der Waals surface area contributed by atoms with E-state index in [0.29, 0.717) is 21.4 Å². The number of benzene rings is 2. The van der Waals surface area contributed by atoms with Crippen LogP contribution in [-0.2, 0) is 4.79 Å². The summed E-state index contributed by atoms with van der Waals surface area (Å²) in [5.41, 5.74) is 3.00. The molecule has 2 aromatic carbocycles. The fourth-order valence-corrected chi connectivity index (χ4v) is 3.29. The van der Waals surface area contributed by atoms with Crippen LogP contribution < -0.4 is 15.4 Å². The largest absolute Gasteiger partial charge is 0.497 e. The highest BCUT2D eigenvalue weighted by molar-refractivity contribution is 7.80. The fourth-order valence-electron chi connectivity index (χ4n) is 2.91. The highest BCUT2D eigenvalue weighted by Crippen LogP contribution is 2.31. The lowest BCUT2D eigenvalue weighted by Gasteiger charge is -2.35. The number of anilines is 1. The van der Waals surface area contributed by atoms with E-state index in [2.05, 4.69) is 10.6 Å². The third-order valence-electron chi connectivity index (χ3n) is 4.55. The summed E-state index contributed by atoms with van der Waals surface area (Å²) in [5.74, 6) is 0.534. The molecule has 0 aliphatic carbocycles. The van der Waals surface area contributed by atoms with Crippen LogP contribution in [0.3, 0.4) is 0 Å². The molecular weight excluding hydrogens is 382 g/mol. The van der Waals surface area contributed by atoms with E-state index < -0.39 is 0 Å². The highest BCUT2D eigenvalue weighted by Gasteiger charge is 2.32. The van der Waals surface area contributed by atoms with E-state index in [9.17, 15) is 4.79 Å². The first-order chi connectivity index (χ1) is 12.9. The van der Waals surface area contributed by atoms with Crippen molar-refractivity contribution in [3.63, 3.8) is 0 Å². The molecule has 1 aliphatic heterocycles. The van der Waals surface area contributed by atoms with Crippen molar-refractivity contribution in [1.82, 2.24) is 10.2 Å². The lowest BCUT2D eigenvalue weighted by Crippen LogP contribution is -2.46. The van der Waals surface area contributed by atoms with Crippen molar-refractivity contribution in [3.05, 3.63) is 70.4 Å². The van der Waals surface area contributed by atoms with Crippen molar-refractivity contribution < 1.29 is 9.53 Å². The van der Waals surface area contributed by atoms with Crippen LogP contribution in [0.1, 0.15) is 18.5 Å². The zero-order chi connectivity index (χ0) is 19.6. The maximum absolute atomic E-state index is 13.1. The number of halogens is 1. The van der Waals surface area contributed by atoms with Crippen molar-refractivity contribution in [1.29, 1.82) is 0 Å². The van der Waals surface area contributed by atoms with Crippen LogP contribution in [0.2, 0.25) is 5.02 Å². The molecule has 0 saturated heterocycles. The number of allylic oxidation sites excluding steroid dienone is 1. The number of nitrogens with one attached hydrogen (secondary N) is 2. The molecule has 0 radical (unpaired) electrons. The van der Waals surface area contributed by atoms with Crippen molar-refractivity contribution >= 4 is 40.5 Å². The zero-order valence-electron chi connectivity index (χ0n) is 15.2. The molecule has 0 bridgehead atoms. The minimum atomic E-state index is -0.357. The summed E-state index contributed by atoms with van der Waals surface area (Å²) in [6, 6.07) is 14.2. The van der Waals surface area contributed by atoms with Gasteiger partial charge in [0.15, 0.2) is 5.11 Å². The van der Waals surface area contributed by atoms with Gasteiger partial charge in [0, 0.05) is 23.5 Å². The van der Waals surface area contributed by atoms with Gasteiger partial charge < -0.3 is 20.3 Å². The molecule has 1 amide bonds. The van der Waals surface area contributed by atoms with Gasteiger partial charge in [-0.05, 0) is 61.1 Å². The number of nitrogens with zero attached hydrogens (tertiary/aromatic N) is 1. The molecule has 1 heterocycles. The Kier molecular flexibility index (Phi) is 5.68. The van der Waals surface area contributed by atoms with E-state index in [1.54, 1.807) is 48.4 Å². The first kappa shape index (κ1) is 19.2. The van der Waals surface area contributed by atoms with Crippen LogP contribution in [0.15, 0.2) is 59.8 Å². The third kappa shape index (κ3) is 4.07. The van der Waals surface area contributed by atoms with E-state index in [-0.39, 0.29) is 11.9 Å². The molecule has 1 aliphatic rings. The lowest BCUT2D eigenvalue weighted by atomic mass is 9.94. The Morgan fingerprint density at radius 1 is 1.19 bits per heavy atom. The summed E-state index contributed by atoms with van der Waals surface area (Å²) in [6.07, 6.45) is 0. The molecule has 0 aromatic heterocycles. The number of rotatable bonds is 4. The average molecular weight is 402 g/mol. The summed E-state index contributed by atoms with van der Waals surface area (Å²) in [5, 5.41) is 7.40. The van der Waals surface area contributed by atoms with Gasteiger partial charge in [0.1, 0.15) is 5.75 Å². The molecule has 3 rings (SSSR count). The molecule has 5 nitrogen and oxygen atoms in total. The number of amides is 1. The Balaban J connectivity index is 1.94. The molecular formula is C20H20ClN3O2S. The topological polar surface area (TPSA) is 53.6 Å². The maximum Gasteiger partial charge on any atom is 0.255 e. The smallest absolute Gasteiger partial charge is 0.255 e. The fraction of sp³-hybridized carbons (Fsp3) is 0.200. The van der Waals surface area contributed by atoms with Crippen molar-refractivity contribution in [3.8, 4) is 5.75 Å². The Bertz CT molecular complexity index is 894. The minimum absolute atomic E-state index is 0.195. The van der Waals surface area contributed by atoms with E-state index >= 15 is 0 Å². The van der Waals surface area contributed by atoms with Crippen molar-refractivity contribution in [2.75, 3.05) is 19.5 Å². The standard InChI is InChI=1S/C20H20ClN3O2S/c1-12-17(19(25)22-15-8-10-16(26-3)11-9-15)18(23-20(27)24(12)2)13-4-6-14(21)7-5-13/h4-11,18H,1-3H3,(H,22,25)(H,23,27). The minimum Gasteiger partial charge on any atom is -0.497 e. The van der Waals surface area contributed by atoms with E-state index in [0.717, 1.165) is 17.0 Å². The second-order valence-electron chi connectivity index (χ2n) is 6.17. The quantitative estimate of drug-likeness (QED) is 0.755. The van der Waals surface area contributed by atoms with Crippen LogP contribution in [-0.4, -0.2) is 30.1 Å². The number of carbonyl (C=O) groups excluding carboxylic acids is 1. The zero-order valence-corrected chi connectivity index (χ0v) is 16.8. The molecule has 1 unspecified atom stereocenters. The number of ether oxygens (including phenoxy) is 1. The predicted molar refractivity (Wildman–Crippen MR) is 112 cm³/mol. The second-order valence-corrected chi connectivity index (χ2v) is 7.00. The van der Waals surface area contributed by atoms with Gasteiger partial charge in [-0.3, -0.25) is 4.79 Å². The van der Waals surface area contributed by atoms with Crippen molar-refractivity contribution in [2.45, 2.75) is 13.0 Å². The van der Waals surface area contributed by atoms with Crippen molar-refractivity contribution in [2.24, 2.45) is 0 Å². The van der Waals surface area contributed by atoms with E-state index in [1.165, 1.54) is 0 Å². The Hall–Kier alpha value is -2.57. The molecule has 0 fully saturated rings. The summed E-state index contributed by atoms with van der Waals surface area (Å²) < 4.78 is 5.15. The highest BCUT2D eigenvalue weighted by atomic mass is 35.5. The van der Waals surface area contributed by atoms with Crippen LogP contribution in [0.25, 0.3) is 0 Å². The van der Waals surface area contributed by atoms with Crippen LogP contribution in [0, 0.1) is 0 Å².